The summed E-state index contributed by atoms with van der Waals surface area (Å²) in [7, 11) is 0. The highest BCUT2D eigenvalue weighted by atomic mass is 16.5. The molecule has 6 heteroatoms. The van der Waals surface area contributed by atoms with E-state index in [-0.39, 0.29) is 18.0 Å². The molecule has 1 N–H and O–H groups in total. The highest BCUT2D eigenvalue weighted by Gasteiger charge is 2.45. The van der Waals surface area contributed by atoms with Crippen LogP contribution in [0.1, 0.15) is 79.2 Å². The van der Waals surface area contributed by atoms with Crippen molar-refractivity contribution < 1.29 is 14.3 Å². The first-order valence-electron chi connectivity index (χ1n) is 12.5. The SMILES string of the molecule is CCOc1ccc(C2c3c(-c4ccc(C)cc4)n[nH]c3C(=O)N2C2CCCCC2)cc1OCC. The number of hydrogen-bond donors (Lipinski definition) is 1. The Morgan fingerprint density at radius 3 is 2.38 bits per heavy atom. The summed E-state index contributed by atoms with van der Waals surface area (Å²) in [6.45, 7) is 7.13. The molecule has 1 aliphatic carbocycles. The van der Waals surface area contributed by atoms with Gasteiger partial charge in [-0.05, 0) is 51.3 Å². The van der Waals surface area contributed by atoms with Crippen LogP contribution in [0.15, 0.2) is 42.5 Å². The number of fused-ring (bicyclic) bond motifs is 1. The van der Waals surface area contributed by atoms with Crippen LogP contribution in [0.2, 0.25) is 0 Å². The second-order valence-electron chi connectivity index (χ2n) is 9.21. The lowest BCUT2D eigenvalue weighted by molar-refractivity contribution is 0.0606. The third kappa shape index (κ3) is 3.95. The Kier molecular flexibility index (Phi) is 6.31. The molecule has 1 aromatic heterocycles. The van der Waals surface area contributed by atoms with Crippen molar-refractivity contribution in [3.8, 4) is 22.8 Å². The lowest BCUT2D eigenvalue weighted by Crippen LogP contribution is -2.40. The Morgan fingerprint density at radius 1 is 0.971 bits per heavy atom. The Labute approximate surface area is 201 Å². The fraction of sp³-hybridized carbons (Fsp3) is 0.429. The van der Waals surface area contributed by atoms with E-state index >= 15 is 0 Å². The maximum Gasteiger partial charge on any atom is 0.273 e. The number of ether oxygens (including phenoxy) is 2. The van der Waals surface area contributed by atoms with Gasteiger partial charge in [-0.3, -0.25) is 9.89 Å². The summed E-state index contributed by atoms with van der Waals surface area (Å²) in [5, 5.41) is 7.71. The first-order chi connectivity index (χ1) is 16.6. The van der Waals surface area contributed by atoms with Crippen LogP contribution in [-0.2, 0) is 0 Å². The third-order valence-corrected chi connectivity index (χ3v) is 6.98. The van der Waals surface area contributed by atoms with Gasteiger partial charge in [-0.1, -0.05) is 55.2 Å². The molecule has 34 heavy (non-hydrogen) atoms. The number of aromatic nitrogens is 2. The minimum Gasteiger partial charge on any atom is -0.490 e. The quantitative estimate of drug-likeness (QED) is 0.466. The van der Waals surface area contributed by atoms with Gasteiger partial charge < -0.3 is 14.4 Å². The van der Waals surface area contributed by atoms with E-state index < -0.39 is 0 Å². The second-order valence-corrected chi connectivity index (χ2v) is 9.21. The number of nitrogens with one attached hydrogen (secondary N) is 1. The molecular formula is C28H33N3O3. The molecule has 1 aliphatic heterocycles. The lowest BCUT2D eigenvalue weighted by atomic mass is 9.90. The van der Waals surface area contributed by atoms with Crippen LogP contribution in [0.3, 0.4) is 0 Å². The summed E-state index contributed by atoms with van der Waals surface area (Å²) < 4.78 is 11.7. The topological polar surface area (TPSA) is 67.5 Å². The van der Waals surface area contributed by atoms with Crippen molar-refractivity contribution in [3.63, 3.8) is 0 Å². The van der Waals surface area contributed by atoms with Gasteiger partial charge in [0.15, 0.2) is 11.5 Å². The number of aryl methyl sites for hydroxylation is 1. The van der Waals surface area contributed by atoms with Crippen LogP contribution in [-0.4, -0.2) is 40.3 Å². The standard InChI is InChI=1S/C28H33N3O3/c1-4-33-22-16-15-20(17-23(22)34-5-2)27-24-25(19-13-11-18(3)12-14-19)29-30-26(24)28(32)31(27)21-9-7-6-8-10-21/h11-17,21,27H,4-10H2,1-3H3,(H,29,30). The van der Waals surface area contributed by atoms with Crippen molar-refractivity contribution in [1.82, 2.24) is 15.1 Å². The second kappa shape index (κ2) is 9.53. The predicted octanol–water partition coefficient (Wildman–Crippen LogP) is 6.06. The summed E-state index contributed by atoms with van der Waals surface area (Å²) in [4.78, 5) is 15.9. The molecule has 1 amide bonds. The van der Waals surface area contributed by atoms with Crippen LogP contribution < -0.4 is 9.47 Å². The molecular weight excluding hydrogens is 426 g/mol. The van der Waals surface area contributed by atoms with Crippen LogP contribution in [0.4, 0.5) is 0 Å². The molecule has 2 aromatic carbocycles. The van der Waals surface area contributed by atoms with Crippen molar-refractivity contribution in [2.75, 3.05) is 13.2 Å². The van der Waals surface area contributed by atoms with E-state index in [0.29, 0.717) is 24.7 Å². The van der Waals surface area contributed by atoms with Gasteiger partial charge in [-0.25, -0.2) is 0 Å². The Balaban J connectivity index is 1.65. The van der Waals surface area contributed by atoms with E-state index in [1.807, 2.05) is 26.0 Å². The minimum absolute atomic E-state index is 0.0459. The van der Waals surface area contributed by atoms with Crippen LogP contribution in [0, 0.1) is 6.92 Å². The maximum atomic E-state index is 13.8. The number of carbonyl (C=O) groups excluding carboxylic acids is 1. The summed E-state index contributed by atoms with van der Waals surface area (Å²) >= 11 is 0. The average Bonchev–Trinajstić information content (AvgIpc) is 3.40. The fourth-order valence-electron chi connectivity index (χ4n) is 5.40. The molecule has 0 radical (unpaired) electrons. The highest BCUT2D eigenvalue weighted by molar-refractivity contribution is 6.00. The average molecular weight is 460 g/mol. The summed E-state index contributed by atoms with van der Waals surface area (Å²) in [5.41, 5.74) is 5.66. The van der Waals surface area contributed by atoms with E-state index in [1.54, 1.807) is 0 Å². The molecule has 5 rings (SSSR count). The van der Waals surface area contributed by atoms with E-state index in [2.05, 4.69) is 52.4 Å². The summed E-state index contributed by atoms with van der Waals surface area (Å²) in [5.74, 6) is 1.49. The number of amides is 1. The minimum atomic E-state index is -0.212. The van der Waals surface area contributed by atoms with E-state index in [1.165, 1.54) is 12.0 Å². The number of hydrogen-bond acceptors (Lipinski definition) is 4. The van der Waals surface area contributed by atoms with Crippen LogP contribution in [0.25, 0.3) is 11.3 Å². The molecule has 0 saturated heterocycles. The van der Waals surface area contributed by atoms with Gasteiger partial charge in [0.1, 0.15) is 5.69 Å². The number of H-pyrrole nitrogens is 1. The zero-order chi connectivity index (χ0) is 23.7. The maximum absolute atomic E-state index is 13.8. The van der Waals surface area contributed by atoms with Crippen molar-refractivity contribution in [1.29, 1.82) is 0 Å². The van der Waals surface area contributed by atoms with Crippen LogP contribution >= 0.6 is 0 Å². The van der Waals surface area contributed by atoms with Gasteiger partial charge in [-0.2, -0.15) is 5.10 Å². The van der Waals surface area contributed by atoms with Crippen molar-refractivity contribution in [2.24, 2.45) is 0 Å². The van der Waals surface area contributed by atoms with Gasteiger partial charge in [0.2, 0.25) is 0 Å². The predicted molar refractivity (Wildman–Crippen MR) is 132 cm³/mol. The van der Waals surface area contributed by atoms with Gasteiger partial charge in [0, 0.05) is 17.2 Å². The molecule has 2 aliphatic rings. The normalized spacial score (nSPS) is 18.3. The van der Waals surface area contributed by atoms with E-state index in [0.717, 1.165) is 53.8 Å². The number of nitrogens with zero attached hydrogens (tertiary/aromatic N) is 2. The fourth-order valence-corrected chi connectivity index (χ4v) is 5.40. The molecule has 1 fully saturated rings. The van der Waals surface area contributed by atoms with Gasteiger partial charge in [0.05, 0.1) is 24.9 Å². The van der Waals surface area contributed by atoms with Crippen molar-refractivity contribution >= 4 is 5.91 Å². The number of carbonyl (C=O) groups is 1. The molecule has 1 atom stereocenters. The molecule has 0 spiro atoms. The zero-order valence-electron chi connectivity index (χ0n) is 20.3. The summed E-state index contributed by atoms with van der Waals surface area (Å²) in [6, 6.07) is 14.4. The van der Waals surface area contributed by atoms with Crippen LogP contribution in [0.5, 0.6) is 11.5 Å². The molecule has 178 valence electrons. The lowest BCUT2D eigenvalue weighted by Gasteiger charge is -2.36. The van der Waals surface area contributed by atoms with Gasteiger partial charge >= 0.3 is 0 Å². The molecule has 1 saturated carbocycles. The molecule has 0 bridgehead atoms. The number of benzene rings is 2. The van der Waals surface area contributed by atoms with E-state index in [9.17, 15) is 4.79 Å². The zero-order valence-corrected chi connectivity index (χ0v) is 20.3. The first kappa shape index (κ1) is 22.5. The number of aromatic amines is 1. The van der Waals surface area contributed by atoms with Crippen molar-refractivity contribution in [2.45, 2.75) is 65.0 Å². The van der Waals surface area contributed by atoms with E-state index in [4.69, 9.17) is 9.47 Å². The molecule has 6 nitrogen and oxygen atoms in total. The summed E-state index contributed by atoms with van der Waals surface area (Å²) in [6.07, 6.45) is 5.63. The Morgan fingerprint density at radius 2 is 1.68 bits per heavy atom. The molecule has 3 aromatic rings. The van der Waals surface area contributed by atoms with Gasteiger partial charge in [0.25, 0.3) is 5.91 Å². The Hall–Kier alpha value is -3.28. The third-order valence-electron chi connectivity index (χ3n) is 6.98. The number of rotatable bonds is 7. The first-order valence-corrected chi connectivity index (χ1v) is 12.5. The van der Waals surface area contributed by atoms with Crippen molar-refractivity contribution in [3.05, 3.63) is 64.8 Å². The van der Waals surface area contributed by atoms with Gasteiger partial charge in [-0.15, -0.1) is 0 Å². The molecule has 1 unspecified atom stereocenters. The monoisotopic (exact) mass is 459 g/mol. The molecule has 2 heterocycles. The highest BCUT2D eigenvalue weighted by Crippen LogP contribution is 2.47. The largest absolute Gasteiger partial charge is 0.490 e. The Bertz CT molecular complexity index is 1160. The smallest absolute Gasteiger partial charge is 0.273 e.